The molecule has 1 atom stereocenters. The first-order valence-electron chi connectivity index (χ1n) is 12.5. The molecule has 1 saturated heterocycles. The van der Waals surface area contributed by atoms with Crippen molar-refractivity contribution in [1.82, 2.24) is 19.7 Å². The van der Waals surface area contributed by atoms with Crippen molar-refractivity contribution in [3.8, 4) is 22.6 Å². The first-order chi connectivity index (χ1) is 17.0. The molecule has 0 aliphatic carbocycles. The van der Waals surface area contributed by atoms with Gasteiger partial charge in [0.2, 0.25) is 0 Å². The fourth-order valence-electron chi connectivity index (χ4n) is 4.56. The lowest BCUT2D eigenvalue weighted by molar-refractivity contribution is 0.122. The van der Waals surface area contributed by atoms with Crippen molar-refractivity contribution >= 4 is 22.8 Å². The number of anilines is 1. The van der Waals surface area contributed by atoms with Crippen LogP contribution >= 0.6 is 0 Å². The van der Waals surface area contributed by atoms with Gasteiger partial charge in [0, 0.05) is 42.8 Å². The van der Waals surface area contributed by atoms with E-state index >= 15 is 0 Å². The van der Waals surface area contributed by atoms with E-state index in [-0.39, 0.29) is 0 Å². The number of benzene rings is 2. The third-order valence-electron chi connectivity index (χ3n) is 6.90. The van der Waals surface area contributed by atoms with Crippen molar-refractivity contribution < 1.29 is 4.74 Å². The molecular formula is C29H33N5O. The van der Waals surface area contributed by atoms with Crippen LogP contribution in [0.4, 0.5) is 5.82 Å². The maximum absolute atomic E-state index is 5.64. The van der Waals surface area contributed by atoms with E-state index in [4.69, 9.17) is 14.7 Å². The average Bonchev–Trinajstić information content (AvgIpc) is 3.33. The molecule has 180 valence electrons. The predicted octanol–water partition coefficient (Wildman–Crippen LogP) is 5.90. The van der Waals surface area contributed by atoms with Gasteiger partial charge in [0.05, 0.1) is 24.4 Å². The second kappa shape index (κ2) is 10.0. The molecule has 3 heterocycles. The van der Waals surface area contributed by atoms with Crippen molar-refractivity contribution in [3.05, 3.63) is 65.9 Å². The van der Waals surface area contributed by atoms with E-state index < -0.39 is 0 Å². The van der Waals surface area contributed by atoms with Gasteiger partial charge in [0.25, 0.3) is 0 Å². The standard InChI is InChI=1S/C29H33N5O/c1-5-20(2)9-11-23-21(3)7-6-8-24(23)28-31-26-12-10-22(27-13-14-30-33(27)4)19-25(26)29(32-28)34-15-17-35-18-16-34/h6-14,19-20H,5,15-18H2,1-4H3/b11-9-. The largest absolute Gasteiger partial charge is 0.378 e. The molecule has 0 N–H and O–H groups in total. The zero-order valence-corrected chi connectivity index (χ0v) is 21.0. The minimum atomic E-state index is 0.523. The van der Waals surface area contributed by atoms with Crippen LogP contribution in [0.15, 0.2) is 54.7 Å². The summed E-state index contributed by atoms with van der Waals surface area (Å²) in [5, 5.41) is 5.40. The number of allylic oxidation sites excluding steroid dienone is 1. The van der Waals surface area contributed by atoms with E-state index in [1.54, 1.807) is 0 Å². The normalized spacial score (nSPS) is 15.3. The zero-order chi connectivity index (χ0) is 24.4. The molecule has 0 bridgehead atoms. The van der Waals surface area contributed by atoms with Gasteiger partial charge in [-0.1, -0.05) is 56.7 Å². The molecular weight excluding hydrogens is 434 g/mol. The highest BCUT2D eigenvalue weighted by Crippen LogP contribution is 2.33. The summed E-state index contributed by atoms with van der Waals surface area (Å²) >= 11 is 0. The SMILES string of the molecule is CCC(C)/C=C\c1c(C)cccc1-c1nc(N2CCOCC2)c2cc(-c3ccnn3C)ccc2n1. The third-order valence-corrected chi connectivity index (χ3v) is 6.90. The quantitative estimate of drug-likeness (QED) is 0.353. The molecule has 6 heteroatoms. The summed E-state index contributed by atoms with van der Waals surface area (Å²) in [6.07, 6.45) is 7.47. The van der Waals surface area contributed by atoms with Crippen LogP contribution in [0, 0.1) is 12.8 Å². The second-order valence-corrected chi connectivity index (χ2v) is 9.32. The van der Waals surface area contributed by atoms with E-state index in [0.717, 1.165) is 58.9 Å². The Kier molecular flexibility index (Phi) is 6.64. The van der Waals surface area contributed by atoms with Crippen LogP contribution in [-0.4, -0.2) is 46.1 Å². The van der Waals surface area contributed by atoms with E-state index in [0.29, 0.717) is 19.1 Å². The van der Waals surface area contributed by atoms with Crippen LogP contribution in [-0.2, 0) is 11.8 Å². The van der Waals surface area contributed by atoms with Gasteiger partial charge >= 0.3 is 0 Å². The lowest BCUT2D eigenvalue weighted by atomic mass is 9.98. The van der Waals surface area contributed by atoms with Crippen LogP contribution in [0.3, 0.4) is 0 Å². The summed E-state index contributed by atoms with van der Waals surface area (Å²) in [5.74, 6) is 2.25. The fraction of sp³-hybridized carbons (Fsp3) is 0.345. The van der Waals surface area contributed by atoms with Gasteiger partial charge in [0.1, 0.15) is 5.82 Å². The topological polar surface area (TPSA) is 56.1 Å². The third kappa shape index (κ3) is 4.71. The van der Waals surface area contributed by atoms with Crippen molar-refractivity contribution in [2.45, 2.75) is 27.2 Å². The van der Waals surface area contributed by atoms with Gasteiger partial charge in [-0.2, -0.15) is 5.10 Å². The first-order valence-corrected chi connectivity index (χ1v) is 12.5. The van der Waals surface area contributed by atoms with Crippen molar-refractivity contribution in [3.63, 3.8) is 0 Å². The van der Waals surface area contributed by atoms with Gasteiger partial charge in [-0.05, 0) is 42.2 Å². The smallest absolute Gasteiger partial charge is 0.162 e. The minimum absolute atomic E-state index is 0.523. The van der Waals surface area contributed by atoms with Gasteiger partial charge < -0.3 is 9.64 Å². The number of hydrogen-bond donors (Lipinski definition) is 0. The highest BCUT2D eigenvalue weighted by atomic mass is 16.5. The average molecular weight is 468 g/mol. The maximum atomic E-state index is 5.64. The lowest BCUT2D eigenvalue weighted by Crippen LogP contribution is -2.37. The molecule has 0 amide bonds. The van der Waals surface area contributed by atoms with E-state index in [1.165, 1.54) is 11.1 Å². The molecule has 1 fully saturated rings. The van der Waals surface area contributed by atoms with Crippen LogP contribution < -0.4 is 4.90 Å². The monoisotopic (exact) mass is 467 g/mol. The van der Waals surface area contributed by atoms with Crippen molar-refractivity contribution in [2.75, 3.05) is 31.2 Å². The molecule has 1 aliphatic rings. The van der Waals surface area contributed by atoms with Crippen LogP contribution in [0.2, 0.25) is 0 Å². The summed E-state index contributed by atoms with van der Waals surface area (Å²) in [6.45, 7) is 9.66. The molecule has 6 nitrogen and oxygen atoms in total. The zero-order valence-electron chi connectivity index (χ0n) is 21.0. The van der Waals surface area contributed by atoms with Gasteiger partial charge in [-0.15, -0.1) is 0 Å². The Hall–Kier alpha value is -3.51. The number of nitrogens with zero attached hydrogens (tertiary/aromatic N) is 5. The number of aryl methyl sites for hydroxylation is 2. The maximum Gasteiger partial charge on any atom is 0.162 e. The van der Waals surface area contributed by atoms with E-state index in [2.05, 4.69) is 79.3 Å². The summed E-state index contributed by atoms with van der Waals surface area (Å²) in [7, 11) is 1.97. The Morgan fingerprint density at radius 2 is 1.91 bits per heavy atom. The van der Waals surface area contributed by atoms with E-state index in [1.807, 2.05) is 24.0 Å². The minimum Gasteiger partial charge on any atom is -0.378 e. The van der Waals surface area contributed by atoms with Crippen LogP contribution in [0.25, 0.3) is 39.6 Å². The summed E-state index contributed by atoms with van der Waals surface area (Å²) in [6, 6.07) is 14.9. The molecule has 2 aromatic heterocycles. The van der Waals surface area contributed by atoms with Gasteiger partial charge in [-0.3, -0.25) is 4.68 Å². The highest BCUT2D eigenvalue weighted by molar-refractivity contribution is 5.94. The Bertz CT molecular complexity index is 1370. The number of morpholine rings is 1. The second-order valence-electron chi connectivity index (χ2n) is 9.32. The summed E-state index contributed by atoms with van der Waals surface area (Å²) < 4.78 is 7.54. The predicted molar refractivity (Wildman–Crippen MR) is 143 cm³/mol. The summed E-state index contributed by atoms with van der Waals surface area (Å²) in [5.41, 5.74) is 6.60. The number of aromatic nitrogens is 4. The highest BCUT2D eigenvalue weighted by Gasteiger charge is 2.20. The van der Waals surface area contributed by atoms with Gasteiger partial charge in [0.15, 0.2) is 5.82 Å². The Morgan fingerprint density at radius 1 is 1.09 bits per heavy atom. The number of ether oxygens (including phenoxy) is 1. The molecule has 1 aliphatic heterocycles. The molecule has 35 heavy (non-hydrogen) atoms. The Morgan fingerprint density at radius 3 is 2.66 bits per heavy atom. The van der Waals surface area contributed by atoms with Crippen molar-refractivity contribution in [2.24, 2.45) is 13.0 Å². The molecule has 0 radical (unpaired) electrons. The molecule has 4 aromatic rings. The molecule has 5 rings (SSSR count). The Balaban J connectivity index is 1.69. The fourth-order valence-corrected chi connectivity index (χ4v) is 4.56. The first kappa shape index (κ1) is 23.2. The molecule has 2 aromatic carbocycles. The van der Waals surface area contributed by atoms with E-state index in [9.17, 15) is 0 Å². The number of hydrogen-bond acceptors (Lipinski definition) is 5. The number of rotatable bonds is 6. The molecule has 0 saturated carbocycles. The Labute approximate surface area is 207 Å². The number of fused-ring (bicyclic) bond motifs is 1. The molecule has 0 spiro atoms. The van der Waals surface area contributed by atoms with Gasteiger partial charge in [-0.25, -0.2) is 9.97 Å². The molecule has 1 unspecified atom stereocenters. The van der Waals surface area contributed by atoms with Crippen LogP contribution in [0.5, 0.6) is 0 Å². The van der Waals surface area contributed by atoms with Crippen molar-refractivity contribution in [1.29, 1.82) is 0 Å². The lowest BCUT2D eigenvalue weighted by Gasteiger charge is -2.29. The summed E-state index contributed by atoms with van der Waals surface area (Å²) in [4.78, 5) is 12.6. The van der Waals surface area contributed by atoms with Crippen LogP contribution in [0.1, 0.15) is 31.4 Å².